The third kappa shape index (κ3) is 3.75. The minimum atomic E-state index is -0.646. The lowest BCUT2D eigenvalue weighted by Crippen LogP contribution is -2.19. The van der Waals surface area contributed by atoms with Crippen LogP contribution in [0.3, 0.4) is 0 Å². The number of aryl methyl sites for hydroxylation is 1. The van der Waals surface area contributed by atoms with Crippen LogP contribution in [0.1, 0.15) is 18.4 Å². The van der Waals surface area contributed by atoms with E-state index in [-0.39, 0.29) is 23.3 Å². The first-order chi connectivity index (χ1) is 15.5. The van der Waals surface area contributed by atoms with E-state index in [1.165, 1.54) is 4.68 Å². The zero-order valence-electron chi connectivity index (χ0n) is 17.5. The van der Waals surface area contributed by atoms with Gasteiger partial charge in [0.05, 0.1) is 17.2 Å². The molecule has 32 heavy (non-hydrogen) atoms. The summed E-state index contributed by atoms with van der Waals surface area (Å²) in [5.41, 5.74) is 9.01. The van der Waals surface area contributed by atoms with Crippen molar-refractivity contribution in [3.8, 4) is 16.9 Å². The number of hydrogen-bond donors (Lipinski definition) is 2. The molecule has 1 aliphatic heterocycles. The molecule has 1 saturated heterocycles. The van der Waals surface area contributed by atoms with E-state index < -0.39 is 11.6 Å². The van der Waals surface area contributed by atoms with Crippen LogP contribution in [-0.4, -0.2) is 39.0 Å². The molecule has 164 valence electrons. The van der Waals surface area contributed by atoms with E-state index in [0.717, 1.165) is 48.8 Å². The Labute approximate surface area is 183 Å². The molecule has 7 nitrogen and oxygen atoms in total. The van der Waals surface area contributed by atoms with Gasteiger partial charge in [0.2, 0.25) is 5.95 Å². The molecular formula is C23H22F2N6O. The number of nitrogens with zero attached hydrogens (tertiary/aromatic N) is 4. The summed E-state index contributed by atoms with van der Waals surface area (Å²) in [6, 6.07) is 10.9. The minimum Gasteiger partial charge on any atom is -0.383 e. The zero-order chi connectivity index (χ0) is 22.2. The van der Waals surface area contributed by atoms with Crippen molar-refractivity contribution < 1.29 is 13.5 Å². The molecule has 0 amide bonds. The van der Waals surface area contributed by atoms with Crippen molar-refractivity contribution in [2.45, 2.75) is 25.9 Å². The van der Waals surface area contributed by atoms with E-state index in [2.05, 4.69) is 15.4 Å². The first kappa shape index (κ1) is 20.3. The highest BCUT2D eigenvalue weighted by atomic mass is 19.1. The van der Waals surface area contributed by atoms with Gasteiger partial charge in [0.15, 0.2) is 5.65 Å². The highest BCUT2D eigenvalue weighted by Gasteiger charge is 2.22. The van der Waals surface area contributed by atoms with Gasteiger partial charge in [-0.1, -0.05) is 23.8 Å². The van der Waals surface area contributed by atoms with Gasteiger partial charge in [0, 0.05) is 24.8 Å². The van der Waals surface area contributed by atoms with E-state index in [9.17, 15) is 8.78 Å². The van der Waals surface area contributed by atoms with Crippen LogP contribution < -0.4 is 11.1 Å². The standard InChI is InChI=1S/C23H22F2N6O/c1-13-4-2-5-14(10-13)20-19-21(26)31(18-11-15(24)7-8-17(18)25)30-22(19)29-23(28-20)27-12-16-6-3-9-32-16/h2,4-5,7-8,10-11,16H,3,6,9,12,26H2,1H3,(H,27,29,30)/t16-/m1/s1. The maximum atomic E-state index is 14.5. The van der Waals surface area contributed by atoms with Crippen LogP contribution in [-0.2, 0) is 4.74 Å². The number of ether oxygens (including phenoxy) is 1. The molecule has 0 bridgehead atoms. The molecule has 0 saturated carbocycles. The number of anilines is 2. The third-order valence-electron chi connectivity index (χ3n) is 5.51. The normalized spacial score (nSPS) is 16.0. The second-order valence-corrected chi connectivity index (χ2v) is 7.87. The molecule has 0 radical (unpaired) electrons. The Morgan fingerprint density at radius 2 is 2.06 bits per heavy atom. The van der Waals surface area contributed by atoms with Gasteiger partial charge in [0.1, 0.15) is 23.1 Å². The lowest BCUT2D eigenvalue weighted by molar-refractivity contribution is 0.120. The maximum Gasteiger partial charge on any atom is 0.225 e. The number of nitrogen functional groups attached to an aromatic ring is 1. The Kier molecular flexibility index (Phi) is 5.18. The molecule has 1 fully saturated rings. The lowest BCUT2D eigenvalue weighted by atomic mass is 10.1. The molecule has 1 atom stereocenters. The van der Waals surface area contributed by atoms with E-state index in [1.807, 2.05) is 31.2 Å². The average molecular weight is 436 g/mol. The lowest BCUT2D eigenvalue weighted by Gasteiger charge is -2.12. The van der Waals surface area contributed by atoms with Crippen LogP contribution in [0.15, 0.2) is 42.5 Å². The molecule has 9 heteroatoms. The fourth-order valence-electron chi connectivity index (χ4n) is 3.93. The molecule has 3 heterocycles. The van der Waals surface area contributed by atoms with Gasteiger partial charge < -0.3 is 15.8 Å². The van der Waals surface area contributed by atoms with Crippen molar-refractivity contribution in [1.82, 2.24) is 19.7 Å². The Balaban J connectivity index is 1.67. The fraction of sp³-hybridized carbons (Fsp3) is 0.261. The van der Waals surface area contributed by atoms with E-state index >= 15 is 0 Å². The van der Waals surface area contributed by atoms with Crippen molar-refractivity contribution in [2.24, 2.45) is 0 Å². The largest absolute Gasteiger partial charge is 0.383 e. The summed E-state index contributed by atoms with van der Waals surface area (Å²) in [7, 11) is 0. The summed E-state index contributed by atoms with van der Waals surface area (Å²) < 4.78 is 35.1. The Morgan fingerprint density at radius 3 is 2.84 bits per heavy atom. The minimum absolute atomic E-state index is 0.0930. The van der Waals surface area contributed by atoms with Crippen molar-refractivity contribution in [3.63, 3.8) is 0 Å². The molecule has 4 aromatic rings. The average Bonchev–Trinajstić information content (AvgIpc) is 3.41. The molecule has 0 aliphatic carbocycles. The predicted octanol–water partition coefficient (Wildman–Crippen LogP) is 4.24. The van der Waals surface area contributed by atoms with Gasteiger partial charge in [-0.15, -0.1) is 5.10 Å². The number of halogens is 2. The van der Waals surface area contributed by atoms with E-state index in [4.69, 9.17) is 15.5 Å². The number of fused-ring (bicyclic) bond motifs is 1. The van der Waals surface area contributed by atoms with Gasteiger partial charge in [-0.05, 0) is 38.0 Å². The summed E-state index contributed by atoms with van der Waals surface area (Å²) in [4.78, 5) is 9.20. The molecule has 1 aliphatic rings. The number of nitrogens with two attached hydrogens (primary N) is 1. The van der Waals surface area contributed by atoms with Crippen LogP contribution in [0.25, 0.3) is 28.0 Å². The van der Waals surface area contributed by atoms with Gasteiger partial charge >= 0.3 is 0 Å². The van der Waals surface area contributed by atoms with E-state index in [1.54, 1.807) is 0 Å². The van der Waals surface area contributed by atoms with Gasteiger partial charge in [-0.2, -0.15) is 4.98 Å². The van der Waals surface area contributed by atoms with Crippen LogP contribution in [0.5, 0.6) is 0 Å². The first-order valence-corrected chi connectivity index (χ1v) is 10.4. The molecule has 0 unspecified atom stereocenters. The van der Waals surface area contributed by atoms with Crippen molar-refractivity contribution in [1.29, 1.82) is 0 Å². The molecule has 2 aromatic carbocycles. The predicted molar refractivity (Wildman–Crippen MR) is 119 cm³/mol. The Morgan fingerprint density at radius 1 is 1.19 bits per heavy atom. The maximum absolute atomic E-state index is 14.5. The van der Waals surface area contributed by atoms with Crippen molar-refractivity contribution in [2.75, 3.05) is 24.2 Å². The molecule has 5 rings (SSSR count). The monoisotopic (exact) mass is 436 g/mol. The van der Waals surface area contributed by atoms with Crippen LogP contribution in [0.4, 0.5) is 20.5 Å². The van der Waals surface area contributed by atoms with Crippen molar-refractivity contribution >= 4 is 22.8 Å². The van der Waals surface area contributed by atoms with Crippen LogP contribution >= 0.6 is 0 Å². The highest BCUT2D eigenvalue weighted by molar-refractivity contribution is 5.99. The van der Waals surface area contributed by atoms with E-state index in [0.29, 0.717) is 23.6 Å². The number of rotatable bonds is 5. The first-order valence-electron chi connectivity index (χ1n) is 10.4. The molecule has 2 aromatic heterocycles. The Hall–Kier alpha value is -3.59. The van der Waals surface area contributed by atoms with Crippen LogP contribution in [0.2, 0.25) is 0 Å². The second-order valence-electron chi connectivity index (χ2n) is 7.87. The smallest absolute Gasteiger partial charge is 0.225 e. The van der Waals surface area contributed by atoms with Crippen LogP contribution in [0, 0.1) is 18.6 Å². The summed E-state index contributed by atoms with van der Waals surface area (Å²) in [6.07, 6.45) is 2.10. The number of nitrogens with one attached hydrogen (secondary N) is 1. The van der Waals surface area contributed by atoms with Crippen molar-refractivity contribution in [3.05, 3.63) is 59.7 Å². The summed E-state index contributed by atoms with van der Waals surface area (Å²) >= 11 is 0. The fourth-order valence-corrected chi connectivity index (χ4v) is 3.93. The zero-order valence-corrected chi connectivity index (χ0v) is 17.5. The van der Waals surface area contributed by atoms with Gasteiger partial charge in [0.25, 0.3) is 0 Å². The number of benzene rings is 2. The third-order valence-corrected chi connectivity index (χ3v) is 5.51. The second kappa shape index (κ2) is 8.16. The highest BCUT2D eigenvalue weighted by Crippen LogP contribution is 2.33. The molecular weight excluding hydrogens is 414 g/mol. The molecule has 3 N–H and O–H groups in total. The summed E-state index contributed by atoms with van der Waals surface area (Å²) in [6.45, 7) is 3.29. The SMILES string of the molecule is Cc1cccc(-c2nc(NC[C@H]3CCCO3)nc3nn(-c4cc(F)ccc4F)c(N)c23)c1. The Bertz CT molecular complexity index is 1300. The number of aromatic nitrogens is 4. The quantitative estimate of drug-likeness (QED) is 0.486. The summed E-state index contributed by atoms with van der Waals surface area (Å²) in [5, 5.41) is 8.09. The van der Waals surface area contributed by atoms with Gasteiger partial charge in [-0.3, -0.25) is 0 Å². The topological polar surface area (TPSA) is 90.9 Å². The summed E-state index contributed by atoms with van der Waals surface area (Å²) in [5.74, 6) is -0.738. The van der Waals surface area contributed by atoms with Gasteiger partial charge in [-0.25, -0.2) is 18.4 Å². The molecule has 0 spiro atoms. The number of hydrogen-bond acceptors (Lipinski definition) is 6.